The van der Waals surface area contributed by atoms with Crippen molar-refractivity contribution in [2.45, 2.75) is 19.8 Å². The van der Waals surface area contributed by atoms with Crippen LogP contribution in [0.1, 0.15) is 18.1 Å². The molecule has 1 saturated heterocycles. The Kier molecular flexibility index (Phi) is 6.89. The van der Waals surface area contributed by atoms with Crippen LogP contribution in [0.5, 0.6) is 5.75 Å². The number of H-pyrrole nitrogens is 1. The predicted octanol–water partition coefficient (Wildman–Crippen LogP) is 3.54. The Balaban J connectivity index is 1.35. The van der Waals surface area contributed by atoms with Gasteiger partial charge in [0.25, 0.3) is 0 Å². The van der Waals surface area contributed by atoms with Crippen molar-refractivity contribution in [3.05, 3.63) is 59.8 Å². The van der Waals surface area contributed by atoms with Gasteiger partial charge in [-0.2, -0.15) is 0 Å². The minimum absolute atomic E-state index is 0.0436. The molecule has 0 radical (unpaired) electrons. The first-order valence-corrected chi connectivity index (χ1v) is 11.1. The fraction of sp³-hybridized carbons (Fsp3) is 0.400. The number of rotatable bonds is 8. The molecule has 1 fully saturated rings. The topological polar surface area (TPSA) is 60.6 Å². The van der Waals surface area contributed by atoms with Crippen LogP contribution in [-0.4, -0.2) is 67.1 Å². The van der Waals surface area contributed by atoms with Crippen LogP contribution < -0.4 is 10.1 Å². The van der Waals surface area contributed by atoms with Crippen molar-refractivity contribution in [2.24, 2.45) is 0 Å². The number of benzene rings is 2. The molecule has 4 rings (SSSR count). The second kappa shape index (κ2) is 9.98. The van der Waals surface area contributed by atoms with E-state index >= 15 is 0 Å². The first-order chi connectivity index (χ1) is 15.1. The number of aryl methyl sites for hydroxylation is 1. The molecule has 2 aromatic carbocycles. The van der Waals surface area contributed by atoms with Gasteiger partial charge in [0.15, 0.2) is 0 Å². The number of anilines is 1. The second-order valence-corrected chi connectivity index (χ2v) is 8.22. The van der Waals surface area contributed by atoms with Gasteiger partial charge in [-0.3, -0.25) is 9.69 Å². The average Bonchev–Trinajstić information content (AvgIpc) is 3.19. The smallest absolute Gasteiger partial charge is 0.228 e. The van der Waals surface area contributed by atoms with Gasteiger partial charge in [0.2, 0.25) is 5.91 Å². The number of carbonyl (C=O) groups is 1. The van der Waals surface area contributed by atoms with E-state index in [2.05, 4.69) is 52.3 Å². The number of hydrogen-bond donors (Lipinski definition) is 2. The number of aromatic nitrogens is 1. The van der Waals surface area contributed by atoms with Crippen LogP contribution in [0.15, 0.2) is 48.7 Å². The number of nitrogens with zero attached hydrogens (tertiary/aromatic N) is 2. The van der Waals surface area contributed by atoms with E-state index in [0.717, 1.165) is 67.0 Å². The maximum Gasteiger partial charge on any atom is 0.228 e. The normalized spacial score (nSPS) is 15.3. The van der Waals surface area contributed by atoms with Gasteiger partial charge in [0.1, 0.15) is 12.4 Å². The lowest BCUT2D eigenvalue weighted by Gasteiger charge is -2.32. The van der Waals surface area contributed by atoms with E-state index in [1.165, 1.54) is 5.56 Å². The van der Waals surface area contributed by atoms with Crippen molar-refractivity contribution < 1.29 is 9.53 Å². The Labute approximate surface area is 184 Å². The Bertz CT molecular complexity index is 1020. The van der Waals surface area contributed by atoms with Crippen molar-refractivity contribution in [3.8, 4) is 5.75 Å². The zero-order chi connectivity index (χ0) is 21.6. The molecule has 2 heterocycles. The molecule has 0 aliphatic carbocycles. The number of piperazine rings is 1. The van der Waals surface area contributed by atoms with E-state index < -0.39 is 0 Å². The van der Waals surface area contributed by atoms with Gasteiger partial charge in [0.05, 0.1) is 12.1 Å². The molecule has 1 amide bonds. The number of fused-ring (bicyclic) bond motifs is 1. The van der Waals surface area contributed by atoms with Crippen LogP contribution in [0.2, 0.25) is 0 Å². The molecule has 2 N–H and O–H groups in total. The molecule has 0 saturated carbocycles. The Hall–Kier alpha value is -2.83. The van der Waals surface area contributed by atoms with Crippen LogP contribution in [0.4, 0.5) is 5.69 Å². The number of aromatic amines is 1. The lowest BCUT2D eigenvalue weighted by molar-refractivity contribution is -0.115. The molecule has 6 heteroatoms. The summed E-state index contributed by atoms with van der Waals surface area (Å²) in [6.45, 7) is 7.98. The summed E-state index contributed by atoms with van der Waals surface area (Å²) in [5.41, 5.74) is 4.12. The Morgan fingerprint density at radius 3 is 2.68 bits per heavy atom. The highest BCUT2D eigenvalue weighted by Crippen LogP contribution is 2.26. The number of likely N-dealkylation sites (N-methyl/N-ethyl adjacent to an activating group) is 1. The largest absolute Gasteiger partial charge is 0.490 e. The summed E-state index contributed by atoms with van der Waals surface area (Å²) >= 11 is 0. The minimum atomic E-state index is -0.0436. The summed E-state index contributed by atoms with van der Waals surface area (Å²) in [7, 11) is 2.16. The van der Waals surface area contributed by atoms with Crippen LogP contribution in [0.3, 0.4) is 0 Å². The standard InChI is InChI=1S/C25H32N4O2/c1-3-19-7-6-8-21-20(18-26-25(19)21)17-24(30)27-22-9-4-5-10-23(22)31-16-15-29-13-11-28(2)12-14-29/h4-10,18,26H,3,11-17H2,1-2H3,(H,27,30). The lowest BCUT2D eigenvalue weighted by Crippen LogP contribution is -2.45. The lowest BCUT2D eigenvalue weighted by atomic mass is 10.1. The number of hydrogen-bond acceptors (Lipinski definition) is 4. The Morgan fingerprint density at radius 1 is 1.06 bits per heavy atom. The van der Waals surface area contributed by atoms with E-state index in [0.29, 0.717) is 13.0 Å². The molecule has 0 spiro atoms. The van der Waals surface area contributed by atoms with E-state index in [9.17, 15) is 4.79 Å². The first kappa shape index (κ1) is 21.4. The summed E-state index contributed by atoms with van der Waals surface area (Å²) in [6.07, 6.45) is 3.23. The molecule has 0 atom stereocenters. The summed E-state index contributed by atoms with van der Waals surface area (Å²) in [5.74, 6) is 0.676. The molecule has 164 valence electrons. The van der Waals surface area contributed by atoms with Crippen molar-refractivity contribution in [1.82, 2.24) is 14.8 Å². The number of amides is 1. The van der Waals surface area contributed by atoms with Crippen LogP contribution in [0, 0.1) is 0 Å². The van der Waals surface area contributed by atoms with Gasteiger partial charge in [-0.1, -0.05) is 37.3 Å². The van der Waals surface area contributed by atoms with Crippen LogP contribution in [-0.2, 0) is 17.6 Å². The minimum Gasteiger partial charge on any atom is -0.490 e. The van der Waals surface area contributed by atoms with Crippen LogP contribution >= 0.6 is 0 Å². The third kappa shape index (κ3) is 5.27. The average molecular weight is 421 g/mol. The zero-order valence-electron chi connectivity index (χ0n) is 18.5. The van der Waals surface area contributed by atoms with Crippen molar-refractivity contribution >= 4 is 22.5 Å². The first-order valence-electron chi connectivity index (χ1n) is 11.1. The van der Waals surface area contributed by atoms with Crippen LogP contribution in [0.25, 0.3) is 10.9 Å². The SMILES string of the molecule is CCc1cccc2c(CC(=O)Nc3ccccc3OCCN3CCN(C)CC3)c[nH]c12. The van der Waals surface area contributed by atoms with E-state index in [1.807, 2.05) is 30.5 Å². The molecule has 0 unspecified atom stereocenters. The van der Waals surface area contributed by atoms with Gasteiger partial charge < -0.3 is 19.9 Å². The number of nitrogens with one attached hydrogen (secondary N) is 2. The highest BCUT2D eigenvalue weighted by Gasteiger charge is 2.15. The summed E-state index contributed by atoms with van der Waals surface area (Å²) in [5, 5.41) is 4.16. The molecular formula is C25H32N4O2. The van der Waals surface area contributed by atoms with Crippen molar-refractivity contribution in [3.63, 3.8) is 0 Å². The van der Waals surface area contributed by atoms with Gasteiger partial charge in [0, 0.05) is 49.8 Å². The third-order valence-corrected chi connectivity index (χ3v) is 6.04. The van der Waals surface area contributed by atoms with Gasteiger partial charge >= 0.3 is 0 Å². The fourth-order valence-corrected chi connectivity index (χ4v) is 4.14. The Morgan fingerprint density at radius 2 is 1.87 bits per heavy atom. The van der Waals surface area contributed by atoms with Gasteiger partial charge in [-0.25, -0.2) is 0 Å². The molecule has 0 bridgehead atoms. The molecular weight excluding hydrogens is 388 g/mol. The summed E-state index contributed by atoms with van der Waals surface area (Å²) < 4.78 is 6.03. The number of carbonyl (C=O) groups excluding carboxylic acids is 1. The predicted molar refractivity (Wildman–Crippen MR) is 126 cm³/mol. The fourth-order valence-electron chi connectivity index (χ4n) is 4.14. The monoisotopic (exact) mass is 420 g/mol. The summed E-state index contributed by atoms with van der Waals surface area (Å²) in [4.78, 5) is 20.9. The van der Waals surface area contributed by atoms with E-state index in [1.54, 1.807) is 0 Å². The summed E-state index contributed by atoms with van der Waals surface area (Å²) in [6, 6.07) is 13.9. The van der Waals surface area contributed by atoms with Crippen molar-refractivity contribution in [2.75, 3.05) is 51.7 Å². The van der Waals surface area contributed by atoms with Crippen molar-refractivity contribution in [1.29, 1.82) is 0 Å². The van der Waals surface area contributed by atoms with Gasteiger partial charge in [-0.05, 0) is 36.7 Å². The maximum absolute atomic E-state index is 12.8. The number of para-hydroxylation sites is 3. The highest BCUT2D eigenvalue weighted by atomic mass is 16.5. The third-order valence-electron chi connectivity index (χ3n) is 6.04. The zero-order valence-corrected chi connectivity index (χ0v) is 18.5. The number of ether oxygens (including phenoxy) is 1. The molecule has 1 aromatic heterocycles. The maximum atomic E-state index is 12.8. The molecule has 31 heavy (non-hydrogen) atoms. The highest BCUT2D eigenvalue weighted by molar-refractivity contribution is 5.97. The molecule has 1 aliphatic heterocycles. The van der Waals surface area contributed by atoms with E-state index in [4.69, 9.17) is 4.74 Å². The molecule has 3 aromatic rings. The van der Waals surface area contributed by atoms with E-state index in [-0.39, 0.29) is 5.91 Å². The quantitative estimate of drug-likeness (QED) is 0.585. The van der Waals surface area contributed by atoms with Gasteiger partial charge in [-0.15, -0.1) is 0 Å². The molecule has 1 aliphatic rings. The molecule has 6 nitrogen and oxygen atoms in total. The second-order valence-electron chi connectivity index (χ2n) is 8.22.